The SMILES string of the molecule is COc1ccc(C2=NN(C(=O)COC(=O)CCC(=O)c3cccs3)C(c3ccco3)C2)cc1. The van der Waals surface area contributed by atoms with Crippen molar-refractivity contribution in [1.29, 1.82) is 0 Å². The molecule has 0 saturated heterocycles. The molecular weight excluding hydrogens is 444 g/mol. The van der Waals surface area contributed by atoms with E-state index in [9.17, 15) is 14.4 Å². The third-order valence-corrected chi connectivity index (χ3v) is 6.08. The number of furan rings is 1. The molecule has 1 atom stereocenters. The Bertz CT molecular complexity index is 1140. The van der Waals surface area contributed by atoms with Crippen LogP contribution in [0.25, 0.3) is 0 Å². The summed E-state index contributed by atoms with van der Waals surface area (Å²) in [6.45, 7) is -0.470. The Labute approximate surface area is 194 Å². The molecule has 1 aromatic carbocycles. The number of hydrogen-bond acceptors (Lipinski definition) is 8. The maximum absolute atomic E-state index is 12.9. The minimum absolute atomic E-state index is 0.0338. The van der Waals surface area contributed by atoms with Crippen LogP contribution in [-0.2, 0) is 14.3 Å². The highest BCUT2D eigenvalue weighted by atomic mass is 32.1. The van der Waals surface area contributed by atoms with Crippen LogP contribution in [0.4, 0.5) is 0 Å². The number of methoxy groups -OCH3 is 1. The summed E-state index contributed by atoms with van der Waals surface area (Å²) in [5, 5.41) is 7.59. The van der Waals surface area contributed by atoms with Crippen LogP contribution < -0.4 is 4.74 Å². The van der Waals surface area contributed by atoms with Gasteiger partial charge in [-0.05, 0) is 53.4 Å². The second-order valence-electron chi connectivity index (χ2n) is 7.31. The number of Topliss-reactive ketones (excluding diaryl/α,β-unsaturated/α-hetero) is 1. The average Bonchev–Trinajstić information content (AvgIpc) is 3.62. The first-order valence-electron chi connectivity index (χ1n) is 10.3. The molecule has 4 rings (SSSR count). The standard InChI is InChI=1S/C24H22N2O6S/c1-30-17-8-6-16(7-9-17)18-14-19(21-4-2-12-31-21)26(25-18)23(28)15-32-24(29)11-10-20(27)22-5-3-13-33-22/h2-9,12-13,19H,10-11,14-15H2,1H3. The number of hydrazone groups is 1. The van der Waals surface area contributed by atoms with Crippen molar-refractivity contribution in [3.63, 3.8) is 0 Å². The molecule has 8 nitrogen and oxygen atoms in total. The van der Waals surface area contributed by atoms with Crippen LogP contribution in [0.3, 0.4) is 0 Å². The van der Waals surface area contributed by atoms with E-state index in [-0.39, 0.29) is 18.6 Å². The third-order valence-electron chi connectivity index (χ3n) is 5.17. The molecule has 0 spiro atoms. The fourth-order valence-corrected chi connectivity index (χ4v) is 4.15. The lowest BCUT2D eigenvalue weighted by Crippen LogP contribution is -2.31. The van der Waals surface area contributed by atoms with E-state index in [1.165, 1.54) is 22.6 Å². The number of nitrogens with zero attached hydrogens (tertiary/aromatic N) is 2. The van der Waals surface area contributed by atoms with Gasteiger partial charge in [0.15, 0.2) is 12.4 Å². The Morgan fingerprint density at radius 3 is 2.61 bits per heavy atom. The molecule has 0 aliphatic carbocycles. The summed E-state index contributed by atoms with van der Waals surface area (Å²) >= 11 is 1.32. The molecule has 0 saturated carbocycles. The van der Waals surface area contributed by atoms with Crippen LogP contribution >= 0.6 is 11.3 Å². The molecule has 3 aromatic rings. The molecule has 170 valence electrons. The lowest BCUT2D eigenvalue weighted by molar-refractivity contribution is -0.152. The van der Waals surface area contributed by atoms with Gasteiger partial charge in [0.25, 0.3) is 5.91 Å². The zero-order valence-corrected chi connectivity index (χ0v) is 18.7. The summed E-state index contributed by atoms with van der Waals surface area (Å²) in [5.74, 6) is 0.0967. The monoisotopic (exact) mass is 466 g/mol. The van der Waals surface area contributed by atoms with E-state index in [1.54, 1.807) is 36.8 Å². The zero-order chi connectivity index (χ0) is 23.2. The summed E-state index contributed by atoms with van der Waals surface area (Å²) in [6, 6.07) is 14.0. The fraction of sp³-hybridized carbons (Fsp3) is 0.250. The molecule has 0 bridgehead atoms. The first-order valence-corrected chi connectivity index (χ1v) is 11.2. The smallest absolute Gasteiger partial charge is 0.306 e. The van der Waals surface area contributed by atoms with Crippen LogP contribution in [0.5, 0.6) is 5.75 Å². The van der Waals surface area contributed by atoms with Crippen LogP contribution in [-0.4, -0.2) is 42.1 Å². The van der Waals surface area contributed by atoms with Crippen molar-refractivity contribution in [1.82, 2.24) is 5.01 Å². The van der Waals surface area contributed by atoms with E-state index in [1.807, 2.05) is 24.3 Å². The maximum atomic E-state index is 12.9. The molecule has 0 radical (unpaired) electrons. The van der Waals surface area contributed by atoms with Gasteiger partial charge in [0, 0.05) is 12.8 Å². The summed E-state index contributed by atoms with van der Waals surface area (Å²) in [4.78, 5) is 37.6. The third kappa shape index (κ3) is 5.38. The number of carbonyl (C=O) groups is 3. The number of ketones is 1. The Morgan fingerprint density at radius 2 is 1.94 bits per heavy atom. The van der Waals surface area contributed by atoms with Crippen molar-refractivity contribution >= 4 is 34.7 Å². The topological polar surface area (TPSA) is 98.4 Å². The second kappa shape index (κ2) is 10.3. The summed E-state index contributed by atoms with van der Waals surface area (Å²) in [5.41, 5.74) is 1.56. The predicted molar refractivity (Wildman–Crippen MR) is 121 cm³/mol. The molecule has 0 N–H and O–H groups in total. The summed E-state index contributed by atoms with van der Waals surface area (Å²) < 4.78 is 15.8. The molecule has 1 amide bonds. The van der Waals surface area contributed by atoms with Gasteiger partial charge in [0.05, 0.1) is 30.4 Å². The van der Waals surface area contributed by atoms with Crippen molar-refractivity contribution in [3.8, 4) is 5.75 Å². The Morgan fingerprint density at radius 1 is 1.12 bits per heavy atom. The highest BCUT2D eigenvalue weighted by Crippen LogP contribution is 2.33. The van der Waals surface area contributed by atoms with E-state index in [0.29, 0.717) is 22.8 Å². The van der Waals surface area contributed by atoms with Crippen LogP contribution in [0.1, 0.15) is 46.3 Å². The highest BCUT2D eigenvalue weighted by Gasteiger charge is 2.35. The van der Waals surface area contributed by atoms with Gasteiger partial charge in [0.2, 0.25) is 0 Å². The van der Waals surface area contributed by atoms with E-state index in [4.69, 9.17) is 13.9 Å². The molecule has 1 aliphatic rings. The van der Waals surface area contributed by atoms with E-state index >= 15 is 0 Å². The molecule has 3 heterocycles. The first-order chi connectivity index (χ1) is 16.0. The summed E-state index contributed by atoms with van der Waals surface area (Å²) in [7, 11) is 1.59. The number of carbonyl (C=O) groups excluding carboxylic acids is 3. The molecule has 0 fully saturated rings. The van der Waals surface area contributed by atoms with Crippen molar-refractivity contribution in [2.75, 3.05) is 13.7 Å². The van der Waals surface area contributed by atoms with Gasteiger partial charge >= 0.3 is 5.97 Å². The lowest BCUT2D eigenvalue weighted by Gasteiger charge is -2.19. The normalized spacial score (nSPS) is 15.2. The maximum Gasteiger partial charge on any atom is 0.306 e. The van der Waals surface area contributed by atoms with E-state index in [2.05, 4.69) is 5.10 Å². The largest absolute Gasteiger partial charge is 0.497 e. The van der Waals surface area contributed by atoms with Crippen molar-refractivity contribution in [3.05, 3.63) is 76.4 Å². The number of ether oxygens (including phenoxy) is 2. The van der Waals surface area contributed by atoms with Crippen molar-refractivity contribution in [2.45, 2.75) is 25.3 Å². The van der Waals surface area contributed by atoms with Crippen LogP contribution in [0.2, 0.25) is 0 Å². The average molecular weight is 467 g/mol. The van der Waals surface area contributed by atoms with Gasteiger partial charge in [-0.1, -0.05) is 6.07 Å². The van der Waals surface area contributed by atoms with Crippen LogP contribution in [0, 0.1) is 0 Å². The van der Waals surface area contributed by atoms with Crippen LogP contribution in [0.15, 0.2) is 69.7 Å². The molecule has 9 heteroatoms. The number of hydrogen-bond donors (Lipinski definition) is 0. The number of thiophene rings is 1. The van der Waals surface area contributed by atoms with E-state index < -0.39 is 24.5 Å². The zero-order valence-electron chi connectivity index (χ0n) is 17.9. The van der Waals surface area contributed by atoms with Gasteiger partial charge in [-0.15, -0.1) is 11.3 Å². The number of benzene rings is 1. The van der Waals surface area contributed by atoms with Crippen molar-refractivity contribution < 1.29 is 28.3 Å². The Balaban J connectivity index is 1.39. The Kier molecular flexibility index (Phi) is 6.99. The van der Waals surface area contributed by atoms with Gasteiger partial charge < -0.3 is 13.9 Å². The molecule has 2 aromatic heterocycles. The molecule has 1 unspecified atom stereocenters. The fourth-order valence-electron chi connectivity index (χ4n) is 3.46. The lowest BCUT2D eigenvalue weighted by atomic mass is 10.0. The Hall–Kier alpha value is -3.72. The minimum Gasteiger partial charge on any atom is -0.497 e. The first kappa shape index (κ1) is 22.5. The van der Waals surface area contributed by atoms with Gasteiger partial charge in [0.1, 0.15) is 17.6 Å². The molecule has 33 heavy (non-hydrogen) atoms. The number of amides is 1. The number of esters is 1. The second-order valence-corrected chi connectivity index (χ2v) is 8.26. The van der Waals surface area contributed by atoms with Gasteiger partial charge in [-0.3, -0.25) is 14.4 Å². The van der Waals surface area contributed by atoms with Gasteiger partial charge in [-0.2, -0.15) is 5.10 Å². The quantitative estimate of drug-likeness (QED) is 0.346. The number of rotatable bonds is 9. The van der Waals surface area contributed by atoms with Crippen molar-refractivity contribution in [2.24, 2.45) is 5.10 Å². The van der Waals surface area contributed by atoms with E-state index in [0.717, 1.165) is 11.3 Å². The molecule has 1 aliphatic heterocycles. The summed E-state index contributed by atoms with van der Waals surface area (Å²) in [6.07, 6.45) is 1.93. The van der Waals surface area contributed by atoms with Gasteiger partial charge in [-0.25, -0.2) is 5.01 Å². The predicted octanol–water partition coefficient (Wildman–Crippen LogP) is 4.23. The molecular formula is C24H22N2O6S. The highest BCUT2D eigenvalue weighted by molar-refractivity contribution is 7.12. The minimum atomic E-state index is -0.610.